The van der Waals surface area contributed by atoms with Crippen molar-refractivity contribution >= 4 is 69.1 Å². The SMILES string of the molecule is CC(C)(O)CCOc1cc(Br)c2c(c1)[C@@](O)(C(F)(F)F)c1ccccc1-2.CC(C)(O)CCOc1cc(Br)c2c(c1)[C@@](O)(C(F)(F)F)c1ccccc1-2.II. The van der Waals surface area contributed by atoms with Gasteiger partial charge in [-0.15, -0.1) is 0 Å². The maximum atomic E-state index is 13.8. The van der Waals surface area contributed by atoms with Gasteiger partial charge in [0, 0.05) is 92.4 Å². The number of rotatable bonds is 8. The first-order valence-corrected chi connectivity index (χ1v) is 24.1. The number of ether oxygens (including phenoxy) is 2. The summed E-state index contributed by atoms with van der Waals surface area (Å²) < 4.78 is 94.9. The average molecular weight is 1120 g/mol. The summed E-state index contributed by atoms with van der Waals surface area (Å²) in [6.07, 6.45) is -9.16. The quantitative estimate of drug-likeness (QED) is 0.104. The second-order valence-electron chi connectivity index (χ2n) is 14.0. The van der Waals surface area contributed by atoms with Gasteiger partial charge in [0.25, 0.3) is 0 Å². The number of hydrogen-bond acceptors (Lipinski definition) is 6. The zero-order chi connectivity index (χ0) is 40.7. The number of fused-ring (bicyclic) bond motifs is 6. The number of hydrogen-bond donors (Lipinski definition) is 4. The first-order valence-electron chi connectivity index (χ1n) is 16.2. The van der Waals surface area contributed by atoms with Gasteiger partial charge in [0.05, 0.1) is 24.4 Å². The van der Waals surface area contributed by atoms with Crippen LogP contribution < -0.4 is 9.47 Å². The molecule has 0 heterocycles. The van der Waals surface area contributed by atoms with Gasteiger partial charge >= 0.3 is 12.4 Å². The zero-order valence-electron chi connectivity index (χ0n) is 29.1. The van der Waals surface area contributed by atoms with Crippen molar-refractivity contribution in [2.24, 2.45) is 0 Å². The Bertz CT molecular complexity index is 1840. The van der Waals surface area contributed by atoms with Gasteiger partial charge in [-0.2, -0.15) is 26.3 Å². The summed E-state index contributed by atoms with van der Waals surface area (Å²) in [5.74, 6) is 0.380. The van der Waals surface area contributed by atoms with Crippen molar-refractivity contribution < 1.29 is 56.2 Å². The minimum Gasteiger partial charge on any atom is -0.493 e. The second kappa shape index (κ2) is 16.7. The predicted molar refractivity (Wildman–Crippen MR) is 218 cm³/mol. The Morgan fingerprint density at radius 1 is 0.574 bits per heavy atom. The molecule has 0 saturated carbocycles. The molecule has 2 aliphatic rings. The molecule has 0 fully saturated rings. The molecule has 4 aromatic rings. The third-order valence-electron chi connectivity index (χ3n) is 8.87. The fraction of sp³-hybridized carbons (Fsp3) is 0.368. The smallest absolute Gasteiger partial charge is 0.425 e. The van der Waals surface area contributed by atoms with E-state index in [0.29, 0.717) is 44.0 Å². The lowest BCUT2D eigenvalue weighted by Gasteiger charge is -2.28. The molecule has 0 bridgehead atoms. The molecule has 6 rings (SSSR count). The van der Waals surface area contributed by atoms with Crippen LogP contribution in [0.5, 0.6) is 11.5 Å². The van der Waals surface area contributed by atoms with Crippen molar-refractivity contribution in [3.05, 3.63) is 104 Å². The largest absolute Gasteiger partial charge is 0.493 e. The van der Waals surface area contributed by atoms with Crippen molar-refractivity contribution in [1.29, 1.82) is 0 Å². The van der Waals surface area contributed by atoms with Crippen molar-refractivity contribution in [1.82, 2.24) is 0 Å². The van der Waals surface area contributed by atoms with E-state index in [0.717, 1.165) is 0 Å². The summed E-state index contributed by atoms with van der Waals surface area (Å²) in [6.45, 7) is 6.74. The zero-order valence-corrected chi connectivity index (χ0v) is 36.6. The number of benzene rings is 4. The van der Waals surface area contributed by atoms with Gasteiger partial charge in [0.2, 0.25) is 11.2 Å². The Morgan fingerprint density at radius 3 is 1.19 bits per heavy atom. The van der Waals surface area contributed by atoms with Crippen molar-refractivity contribution in [3.63, 3.8) is 0 Å². The van der Waals surface area contributed by atoms with E-state index in [9.17, 15) is 46.8 Å². The van der Waals surface area contributed by atoms with Crippen LogP contribution in [0.3, 0.4) is 0 Å². The summed E-state index contributed by atoms with van der Waals surface area (Å²) in [4.78, 5) is 0. The molecular weight excluding hydrogens is 1080 g/mol. The minimum absolute atomic E-state index is 0.131. The maximum Gasteiger partial charge on any atom is 0.425 e. The molecule has 0 spiro atoms. The molecule has 4 aromatic carbocycles. The fourth-order valence-electron chi connectivity index (χ4n) is 6.22. The fourth-order valence-corrected chi connectivity index (χ4v) is 7.53. The van der Waals surface area contributed by atoms with E-state index in [-0.39, 0.29) is 47.0 Å². The second-order valence-corrected chi connectivity index (χ2v) is 15.7. The molecule has 4 N–H and O–H groups in total. The standard InChI is InChI=1S/2C19H18BrF3O3.I2/c2*1-17(2,24)7-8-26-11-9-14-16(15(20)10-11)12-5-3-4-6-13(12)18(14,25)19(21,22)23;1-2/h2*3-6,9-10,24-25H,7-8H2,1-2H3;/t2*18-;/m11./s1. The van der Waals surface area contributed by atoms with Crippen LogP contribution in [0.2, 0.25) is 0 Å². The van der Waals surface area contributed by atoms with E-state index in [1.807, 2.05) is 0 Å². The van der Waals surface area contributed by atoms with Crippen LogP contribution in [0, 0.1) is 0 Å². The van der Waals surface area contributed by atoms with Gasteiger partial charge in [-0.3, -0.25) is 0 Å². The van der Waals surface area contributed by atoms with Crippen LogP contribution in [0.15, 0.2) is 81.7 Å². The molecular formula is C38H36Br2F6I2O6. The van der Waals surface area contributed by atoms with Gasteiger partial charge < -0.3 is 29.9 Å². The summed E-state index contributed by atoms with van der Waals surface area (Å²) in [7, 11) is 0. The molecule has 2 aliphatic carbocycles. The highest BCUT2D eigenvalue weighted by molar-refractivity contribution is 15.0. The Balaban J connectivity index is 0.000000230. The molecule has 0 unspecified atom stereocenters. The van der Waals surface area contributed by atoms with Crippen molar-refractivity contribution in [2.75, 3.05) is 13.2 Å². The molecule has 0 amide bonds. The topological polar surface area (TPSA) is 99.4 Å². The monoisotopic (exact) mass is 1110 g/mol. The van der Waals surface area contributed by atoms with E-state index >= 15 is 0 Å². The summed E-state index contributed by atoms with van der Waals surface area (Å²) in [5.41, 5.74) is -7.76. The number of alkyl halides is 6. The highest BCUT2D eigenvalue weighted by Crippen LogP contribution is 2.59. The Labute approximate surface area is 348 Å². The third-order valence-corrected chi connectivity index (χ3v) is 10.1. The summed E-state index contributed by atoms with van der Waals surface area (Å²) in [5, 5.41) is 40.9. The van der Waals surface area contributed by atoms with Gasteiger partial charge in [0.15, 0.2) is 0 Å². The van der Waals surface area contributed by atoms with Crippen LogP contribution >= 0.6 is 69.1 Å². The van der Waals surface area contributed by atoms with E-state index in [1.165, 1.54) is 36.4 Å². The molecule has 16 heteroatoms. The Hall–Kier alpha value is -1.68. The van der Waals surface area contributed by atoms with E-state index in [2.05, 4.69) is 69.1 Å². The van der Waals surface area contributed by atoms with Crippen LogP contribution in [0.1, 0.15) is 62.8 Å². The lowest BCUT2D eigenvalue weighted by atomic mass is 9.90. The highest BCUT2D eigenvalue weighted by atomic mass is 128. The third kappa shape index (κ3) is 9.05. The van der Waals surface area contributed by atoms with E-state index < -0.39 is 34.8 Å². The van der Waals surface area contributed by atoms with Crippen LogP contribution in [0.25, 0.3) is 22.3 Å². The van der Waals surface area contributed by atoms with Crippen LogP contribution in [-0.2, 0) is 11.2 Å². The molecule has 54 heavy (non-hydrogen) atoms. The Morgan fingerprint density at radius 2 is 0.889 bits per heavy atom. The molecule has 294 valence electrons. The lowest BCUT2D eigenvalue weighted by molar-refractivity contribution is -0.247. The number of aliphatic hydroxyl groups is 4. The predicted octanol–water partition coefficient (Wildman–Crippen LogP) is 11.3. The van der Waals surface area contributed by atoms with Gasteiger partial charge in [-0.1, -0.05) is 80.4 Å². The molecule has 0 saturated heterocycles. The summed E-state index contributed by atoms with van der Waals surface area (Å²) >= 11 is 10.9. The van der Waals surface area contributed by atoms with Crippen LogP contribution in [0.4, 0.5) is 26.3 Å². The Kier molecular flexibility index (Phi) is 13.9. The highest BCUT2D eigenvalue weighted by Gasteiger charge is 2.62. The maximum absolute atomic E-state index is 13.8. The van der Waals surface area contributed by atoms with E-state index in [1.54, 1.807) is 64.1 Å². The number of halogens is 10. The molecule has 0 aromatic heterocycles. The van der Waals surface area contributed by atoms with Gasteiger partial charge in [0.1, 0.15) is 11.5 Å². The lowest BCUT2D eigenvalue weighted by Crippen LogP contribution is -2.41. The normalized spacial score (nSPS) is 18.6. The van der Waals surface area contributed by atoms with Crippen molar-refractivity contribution in [3.8, 4) is 33.8 Å². The average Bonchev–Trinajstić information content (AvgIpc) is 3.49. The van der Waals surface area contributed by atoms with Gasteiger partial charge in [-0.05, 0) is 63.1 Å². The molecule has 0 aliphatic heterocycles. The molecule has 0 radical (unpaired) electrons. The van der Waals surface area contributed by atoms with E-state index in [4.69, 9.17) is 9.47 Å². The van der Waals surface area contributed by atoms with Gasteiger partial charge in [-0.25, -0.2) is 0 Å². The van der Waals surface area contributed by atoms with Crippen molar-refractivity contribution in [2.45, 2.75) is 75.3 Å². The minimum atomic E-state index is -4.89. The molecule has 6 nitrogen and oxygen atoms in total. The van der Waals surface area contributed by atoms with Crippen LogP contribution in [-0.4, -0.2) is 57.2 Å². The first kappa shape index (κ1) is 45.0. The molecule has 2 atom stereocenters. The summed E-state index contributed by atoms with van der Waals surface area (Å²) in [6, 6.07) is 17.4. The first-order chi connectivity index (χ1) is 24.9.